The van der Waals surface area contributed by atoms with E-state index in [0.29, 0.717) is 16.8 Å². The van der Waals surface area contributed by atoms with Crippen LogP contribution in [0, 0.1) is 5.92 Å². The molecule has 0 spiro atoms. The van der Waals surface area contributed by atoms with Gasteiger partial charge in [-0.25, -0.2) is 0 Å². The highest BCUT2D eigenvalue weighted by Gasteiger charge is 2.34. The monoisotopic (exact) mass is 335 g/mol. The normalized spacial score (nSPS) is 22.1. The van der Waals surface area contributed by atoms with Gasteiger partial charge in [0.25, 0.3) is 0 Å². The van der Waals surface area contributed by atoms with E-state index >= 15 is 0 Å². The van der Waals surface area contributed by atoms with E-state index in [2.05, 4.69) is 29.2 Å². The first-order valence-corrected chi connectivity index (χ1v) is 8.39. The van der Waals surface area contributed by atoms with Crippen LogP contribution in [0.5, 0.6) is 5.75 Å². The quantitative estimate of drug-likeness (QED) is 0.831. The van der Waals surface area contributed by atoms with Gasteiger partial charge in [-0.3, -0.25) is 4.90 Å². The van der Waals surface area contributed by atoms with E-state index in [-0.39, 0.29) is 11.7 Å². The molecule has 2 aromatic rings. The van der Waals surface area contributed by atoms with E-state index in [9.17, 15) is 5.11 Å². The minimum absolute atomic E-state index is 0.249. The second-order valence-corrected chi connectivity index (χ2v) is 6.65. The minimum atomic E-state index is 0.249. The van der Waals surface area contributed by atoms with Crippen LogP contribution in [0.2, 0.25) is 5.02 Å². The molecule has 0 unspecified atom stereocenters. The molecule has 2 aromatic carbocycles. The molecule has 0 aromatic heterocycles. The Kier molecular flexibility index (Phi) is 4.92. The summed E-state index contributed by atoms with van der Waals surface area (Å²) in [5, 5.41) is 10.8. The number of phenols is 1. The van der Waals surface area contributed by atoms with Crippen molar-refractivity contribution in [2.45, 2.75) is 12.5 Å². The summed E-state index contributed by atoms with van der Waals surface area (Å²) in [7, 11) is 0. The van der Waals surface area contributed by atoms with Crippen LogP contribution in [0.4, 0.5) is 0 Å². The lowest BCUT2D eigenvalue weighted by atomic mass is 9.89. The molecular formula is C18H19Cl2NO. The molecule has 2 atom stereocenters. The zero-order chi connectivity index (χ0) is 15.5. The van der Waals surface area contributed by atoms with Gasteiger partial charge >= 0.3 is 0 Å². The summed E-state index contributed by atoms with van der Waals surface area (Å²) in [6.07, 6.45) is 0. The predicted octanol–water partition coefficient (Wildman–Crippen LogP) is 4.50. The van der Waals surface area contributed by atoms with E-state index in [0.717, 1.165) is 25.2 Å². The lowest BCUT2D eigenvalue weighted by molar-refractivity contribution is 0.319. The standard InChI is InChI=1S/C18H19Cl2NO/c19-9-14-11-21(10-13-4-2-1-3-5-13)12-17(14)16-7-6-15(20)8-18(16)22/h1-8,14,17,22H,9-12H2/t14-,17-/m1/s1. The first-order chi connectivity index (χ1) is 10.7. The van der Waals surface area contributed by atoms with Gasteiger partial charge in [-0.15, -0.1) is 11.6 Å². The van der Waals surface area contributed by atoms with Crippen LogP contribution >= 0.6 is 23.2 Å². The molecule has 116 valence electrons. The van der Waals surface area contributed by atoms with E-state index in [1.165, 1.54) is 5.56 Å². The van der Waals surface area contributed by atoms with E-state index < -0.39 is 0 Å². The highest BCUT2D eigenvalue weighted by atomic mass is 35.5. The summed E-state index contributed by atoms with van der Waals surface area (Å²) in [6.45, 7) is 2.77. The third kappa shape index (κ3) is 3.40. The van der Waals surface area contributed by atoms with Gasteiger partial charge in [0.05, 0.1) is 0 Å². The molecule has 1 aliphatic rings. The Labute approximate surface area is 141 Å². The minimum Gasteiger partial charge on any atom is -0.508 e. The van der Waals surface area contributed by atoms with Crippen molar-refractivity contribution in [2.24, 2.45) is 5.92 Å². The average molecular weight is 336 g/mol. The van der Waals surface area contributed by atoms with Crippen LogP contribution in [0.3, 0.4) is 0 Å². The molecule has 22 heavy (non-hydrogen) atoms. The molecule has 0 aliphatic carbocycles. The molecule has 0 radical (unpaired) electrons. The Morgan fingerprint density at radius 1 is 1.09 bits per heavy atom. The van der Waals surface area contributed by atoms with Gasteiger partial charge in [-0.2, -0.15) is 0 Å². The van der Waals surface area contributed by atoms with Crippen molar-refractivity contribution in [3.63, 3.8) is 0 Å². The number of halogens is 2. The Morgan fingerprint density at radius 3 is 2.55 bits per heavy atom. The first-order valence-electron chi connectivity index (χ1n) is 7.48. The van der Waals surface area contributed by atoms with Gasteiger partial charge in [-0.05, 0) is 29.2 Å². The van der Waals surface area contributed by atoms with Crippen molar-refractivity contribution in [3.8, 4) is 5.75 Å². The molecule has 1 aliphatic heterocycles. The summed E-state index contributed by atoms with van der Waals surface area (Å²) in [5.41, 5.74) is 2.25. The number of alkyl halides is 1. The molecular weight excluding hydrogens is 317 g/mol. The SMILES string of the molecule is Oc1cc(Cl)ccc1[C@@H]1CN(Cc2ccccc2)C[C@H]1CCl. The number of nitrogens with zero attached hydrogens (tertiary/aromatic N) is 1. The van der Waals surface area contributed by atoms with Gasteiger partial charge in [0.1, 0.15) is 5.75 Å². The second-order valence-electron chi connectivity index (χ2n) is 5.90. The number of hydrogen-bond acceptors (Lipinski definition) is 2. The molecule has 1 N–H and O–H groups in total. The maximum atomic E-state index is 10.2. The van der Waals surface area contributed by atoms with Crippen LogP contribution in [0.25, 0.3) is 0 Å². The molecule has 4 heteroatoms. The molecule has 1 heterocycles. The second kappa shape index (κ2) is 6.91. The van der Waals surface area contributed by atoms with Crippen molar-refractivity contribution in [1.29, 1.82) is 0 Å². The van der Waals surface area contributed by atoms with Crippen LogP contribution < -0.4 is 0 Å². The summed E-state index contributed by atoms with van der Waals surface area (Å²) in [6, 6.07) is 15.8. The van der Waals surface area contributed by atoms with Crippen LogP contribution in [0.1, 0.15) is 17.0 Å². The van der Waals surface area contributed by atoms with Crippen LogP contribution in [-0.2, 0) is 6.54 Å². The zero-order valence-electron chi connectivity index (χ0n) is 12.3. The topological polar surface area (TPSA) is 23.5 Å². The maximum absolute atomic E-state index is 10.2. The average Bonchev–Trinajstić information content (AvgIpc) is 2.91. The van der Waals surface area contributed by atoms with Crippen LogP contribution in [-0.4, -0.2) is 29.0 Å². The van der Waals surface area contributed by atoms with Crippen molar-refractivity contribution in [1.82, 2.24) is 4.90 Å². The van der Waals surface area contributed by atoms with Crippen molar-refractivity contribution in [2.75, 3.05) is 19.0 Å². The third-order valence-corrected chi connectivity index (χ3v) is 4.99. The lowest BCUT2D eigenvalue weighted by Crippen LogP contribution is -2.20. The Hall–Kier alpha value is -1.22. The lowest BCUT2D eigenvalue weighted by Gasteiger charge is -2.18. The van der Waals surface area contributed by atoms with Gasteiger partial charge in [-0.1, -0.05) is 48.0 Å². The van der Waals surface area contributed by atoms with Crippen LogP contribution in [0.15, 0.2) is 48.5 Å². The fraction of sp³-hybridized carbons (Fsp3) is 0.333. The molecule has 0 bridgehead atoms. The molecule has 2 nitrogen and oxygen atoms in total. The molecule has 1 fully saturated rings. The highest BCUT2D eigenvalue weighted by Crippen LogP contribution is 2.39. The molecule has 3 rings (SSSR count). The largest absolute Gasteiger partial charge is 0.508 e. The first kappa shape index (κ1) is 15.7. The van der Waals surface area contributed by atoms with Gasteiger partial charge < -0.3 is 5.11 Å². The summed E-state index contributed by atoms with van der Waals surface area (Å²) in [5.74, 6) is 1.46. The number of rotatable bonds is 4. The smallest absolute Gasteiger partial charge is 0.120 e. The summed E-state index contributed by atoms with van der Waals surface area (Å²) >= 11 is 12.1. The van der Waals surface area contributed by atoms with Gasteiger partial charge in [0, 0.05) is 36.5 Å². The Morgan fingerprint density at radius 2 is 1.86 bits per heavy atom. The number of aromatic hydroxyl groups is 1. The highest BCUT2D eigenvalue weighted by molar-refractivity contribution is 6.30. The fourth-order valence-corrected chi connectivity index (χ4v) is 3.75. The summed E-state index contributed by atoms with van der Waals surface area (Å²) < 4.78 is 0. The van der Waals surface area contributed by atoms with E-state index in [4.69, 9.17) is 23.2 Å². The molecule has 0 amide bonds. The van der Waals surface area contributed by atoms with Crippen molar-refractivity contribution in [3.05, 3.63) is 64.7 Å². The van der Waals surface area contributed by atoms with Crippen molar-refractivity contribution < 1.29 is 5.11 Å². The maximum Gasteiger partial charge on any atom is 0.120 e. The summed E-state index contributed by atoms with van der Waals surface area (Å²) in [4.78, 5) is 2.40. The molecule has 0 saturated carbocycles. The van der Waals surface area contributed by atoms with E-state index in [1.807, 2.05) is 18.2 Å². The fourth-order valence-electron chi connectivity index (χ4n) is 3.27. The molecule has 1 saturated heterocycles. The van der Waals surface area contributed by atoms with Gasteiger partial charge in [0.2, 0.25) is 0 Å². The van der Waals surface area contributed by atoms with E-state index in [1.54, 1.807) is 6.07 Å². The Bertz CT molecular complexity index is 632. The zero-order valence-corrected chi connectivity index (χ0v) is 13.8. The number of phenolic OH excluding ortho intramolecular Hbond substituents is 1. The van der Waals surface area contributed by atoms with Crippen molar-refractivity contribution >= 4 is 23.2 Å². The van der Waals surface area contributed by atoms with Gasteiger partial charge in [0.15, 0.2) is 0 Å². The predicted molar refractivity (Wildman–Crippen MR) is 91.8 cm³/mol. The third-order valence-electron chi connectivity index (χ3n) is 4.36. The number of benzene rings is 2. The Balaban J connectivity index is 1.77. The number of hydrogen-bond donors (Lipinski definition) is 1. The number of likely N-dealkylation sites (tertiary alicyclic amines) is 1.